The maximum atomic E-state index is 13.9. The first-order valence-electron chi connectivity index (χ1n) is 11.2. The van der Waals surface area contributed by atoms with E-state index in [0.717, 1.165) is 63.1 Å². The van der Waals surface area contributed by atoms with Gasteiger partial charge in [0.05, 0.1) is 11.1 Å². The van der Waals surface area contributed by atoms with Crippen LogP contribution in [-0.4, -0.2) is 48.9 Å². The number of hydrogen-bond acceptors (Lipinski definition) is 3. The number of anilines is 1. The molecule has 5 nitrogen and oxygen atoms in total. The molecule has 0 saturated carbocycles. The number of nitrogens with one attached hydrogen (secondary N) is 1. The topological polar surface area (TPSA) is 52.7 Å². The molecule has 6 heteroatoms. The van der Waals surface area contributed by atoms with Crippen LogP contribution in [-0.2, 0) is 0 Å². The van der Waals surface area contributed by atoms with Gasteiger partial charge in [0.2, 0.25) is 0 Å². The van der Waals surface area contributed by atoms with Crippen LogP contribution < -0.4 is 10.2 Å². The Hall–Kier alpha value is -2.89. The molecular weight excluding hydrogens is 393 g/mol. The third-order valence-corrected chi connectivity index (χ3v) is 6.49. The Balaban J connectivity index is 1.38. The number of rotatable bonds is 4. The number of nitrogens with zero attached hydrogens (tertiary/aromatic N) is 2. The fraction of sp³-hybridized carbons (Fsp3) is 0.440. The molecule has 2 aliphatic rings. The zero-order chi connectivity index (χ0) is 21.8. The number of hydrogen-bond donors (Lipinski definition) is 1. The van der Waals surface area contributed by atoms with Crippen molar-refractivity contribution in [3.63, 3.8) is 0 Å². The molecule has 0 atom stereocenters. The molecule has 0 bridgehead atoms. The molecule has 2 fully saturated rings. The molecule has 0 aromatic heterocycles. The molecule has 164 valence electrons. The summed E-state index contributed by atoms with van der Waals surface area (Å²) in [6.45, 7) is 5.36. The lowest BCUT2D eigenvalue weighted by Crippen LogP contribution is -2.45. The van der Waals surface area contributed by atoms with E-state index in [-0.39, 0.29) is 23.4 Å². The number of likely N-dealkylation sites (tertiary alicyclic amines) is 1. The molecular formula is C25H30FN3O2. The Bertz CT molecular complexity index is 932. The summed E-state index contributed by atoms with van der Waals surface area (Å²) in [7, 11) is 0. The highest BCUT2D eigenvalue weighted by atomic mass is 19.1. The van der Waals surface area contributed by atoms with Crippen LogP contribution in [0.3, 0.4) is 0 Å². The van der Waals surface area contributed by atoms with E-state index in [2.05, 4.69) is 17.1 Å². The normalized spacial score (nSPS) is 18.1. The Kier molecular flexibility index (Phi) is 6.54. The number of benzene rings is 2. The number of halogens is 1. The first-order chi connectivity index (χ1) is 15.0. The summed E-state index contributed by atoms with van der Waals surface area (Å²) in [6, 6.07) is 13.9. The van der Waals surface area contributed by atoms with Crippen LogP contribution in [0.15, 0.2) is 48.5 Å². The fourth-order valence-electron chi connectivity index (χ4n) is 4.49. The predicted molar refractivity (Wildman–Crippen MR) is 120 cm³/mol. The van der Waals surface area contributed by atoms with Crippen molar-refractivity contribution in [3.8, 4) is 0 Å². The van der Waals surface area contributed by atoms with Crippen molar-refractivity contribution >= 4 is 17.5 Å². The Morgan fingerprint density at radius 1 is 0.871 bits per heavy atom. The summed E-state index contributed by atoms with van der Waals surface area (Å²) < 4.78 is 13.9. The van der Waals surface area contributed by atoms with Gasteiger partial charge < -0.3 is 15.1 Å². The highest BCUT2D eigenvalue weighted by Gasteiger charge is 2.27. The molecule has 0 unspecified atom stereocenters. The zero-order valence-electron chi connectivity index (χ0n) is 18.0. The van der Waals surface area contributed by atoms with Gasteiger partial charge in [-0.15, -0.1) is 0 Å². The highest BCUT2D eigenvalue weighted by Crippen LogP contribution is 2.27. The van der Waals surface area contributed by atoms with Crippen molar-refractivity contribution in [2.45, 2.75) is 38.6 Å². The van der Waals surface area contributed by atoms with E-state index >= 15 is 0 Å². The lowest BCUT2D eigenvalue weighted by Gasteiger charge is -2.36. The van der Waals surface area contributed by atoms with Gasteiger partial charge in [-0.2, -0.15) is 0 Å². The largest absolute Gasteiger partial charge is 0.371 e. The average molecular weight is 424 g/mol. The summed E-state index contributed by atoms with van der Waals surface area (Å²) in [5.74, 6) is -0.0844. The SMILES string of the molecule is CC1CCN(C(=O)c2ccccc2N2CCC(NC(=O)c3ccccc3F)CC2)CC1. The standard InChI is InChI=1S/C25H30FN3O2/c1-18-10-14-29(15-11-18)25(31)21-7-3-5-9-23(21)28-16-12-19(13-17-28)27-24(30)20-6-2-4-8-22(20)26/h2-9,18-19H,10-17H2,1H3,(H,27,30). The van der Waals surface area contributed by atoms with E-state index in [1.54, 1.807) is 12.1 Å². The van der Waals surface area contributed by atoms with Gasteiger partial charge in [-0.05, 0) is 55.9 Å². The molecule has 31 heavy (non-hydrogen) atoms. The first kappa shape index (κ1) is 21.3. The number of piperidine rings is 2. The molecule has 0 spiro atoms. The van der Waals surface area contributed by atoms with Gasteiger partial charge in [-0.25, -0.2) is 4.39 Å². The highest BCUT2D eigenvalue weighted by molar-refractivity contribution is 6.00. The lowest BCUT2D eigenvalue weighted by atomic mass is 9.98. The van der Waals surface area contributed by atoms with Crippen LogP contribution in [0.1, 0.15) is 53.3 Å². The van der Waals surface area contributed by atoms with Crippen LogP contribution in [0.2, 0.25) is 0 Å². The molecule has 2 heterocycles. The van der Waals surface area contributed by atoms with E-state index < -0.39 is 5.82 Å². The molecule has 0 aliphatic carbocycles. The van der Waals surface area contributed by atoms with E-state index in [4.69, 9.17) is 0 Å². The maximum Gasteiger partial charge on any atom is 0.255 e. The summed E-state index contributed by atoms with van der Waals surface area (Å²) in [5.41, 5.74) is 1.80. The molecule has 2 aromatic rings. The van der Waals surface area contributed by atoms with Gasteiger partial charge in [0.1, 0.15) is 5.82 Å². The van der Waals surface area contributed by atoms with Crippen LogP contribution in [0.25, 0.3) is 0 Å². The molecule has 1 N–H and O–H groups in total. The van der Waals surface area contributed by atoms with Crippen molar-refractivity contribution < 1.29 is 14.0 Å². The van der Waals surface area contributed by atoms with Gasteiger partial charge in [-0.3, -0.25) is 9.59 Å². The van der Waals surface area contributed by atoms with Gasteiger partial charge in [-0.1, -0.05) is 31.2 Å². The molecule has 2 amide bonds. The molecule has 2 aliphatic heterocycles. The number of para-hydroxylation sites is 1. The predicted octanol–water partition coefficient (Wildman–Crippen LogP) is 4.10. The van der Waals surface area contributed by atoms with Crippen molar-refractivity contribution in [2.75, 3.05) is 31.1 Å². The van der Waals surface area contributed by atoms with Crippen LogP contribution in [0.4, 0.5) is 10.1 Å². The Morgan fingerprint density at radius 3 is 2.16 bits per heavy atom. The maximum absolute atomic E-state index is 13.9. The molecule has 0 radical (unpaired) electrons. The van der Waals surface area contributed by atoms with E-state index in [9.17, 15) is 14.0 Å². The van der Waals surface area contributed by atoms with Crippen LogP contribution >= 0.6 is 0 Å². The fourth-order valence-corrected chi connectivity index (χ4v) is 4.49. The van der Waals surface area contributed by atoms with E-state index in [0.29, 0.717) is 5.92 Å². The minimum absolute atomic E-state index is 0.00481. The molecule has 2 aromatic carbocycles. The first-order valence-corrected chi connectivity index (χ1v) is 11.2. The van der Waals surface area contributed by atoms with Crippen molar-refractivity contribution in [1.29, 1.82) is 0 Å². The number of carbonyl (C=O) groups excluding carboxylic acids is 2. The van der Waals surface area contributed by atoms with Gasteiger partial charge in [0, 0.05) is 37.9 Å². The minimum atomic E-state index is -0.503. The summed E-state index contributed by atoms with van der Waals surface area (Å²) in [6.07, 6.45) is 3.62. The second kappa shape index (κ2) is 9.50. The van der Waals surface area contributed by atoms with Crippen LogP contribution in [0.5, 0.6) is 0 Å². The zero-order valence-corrected chi connectivity index (χ0v) is 18.0. The molecule has 4 rings (SSSR count). The minimum Gasteiger partial charge on any atom is -0.371 e. The monoisotopic (exact) mass is 423 g/mol. The average Bonchev–Trinajstić information content (AvgIpc) is 2.80. The van der Waals surface area contributed by atoms with Gasteiger partial charge in [0.25, 0.3) is 11.8 Å². The molecule has 2 saturated heterocycles. The van der Waals surface area contributed by atoms with Crippen molar-refractivity contribution in [2.24, 2.45) is 5.92 Å². The number of carbonyl (C=O) groups is 2. The van der Waals surface area contributed by atoms with Crippen LogP contribution in [0, 0.1) is 11.7 Å². The lowest BCUT2D eigenvalue weighted by molar-refractivity contribution is 0.0697. The second-order valence-corrected chi connectivity index (χ2v) is 8.71. The summed E-state index contributed by atoms with van der Waals surface area (Å²) >= 11 is 0. The Morgan fingerprint density at radius 2 is 1.48 bits per heavy atom. The van der Waals surface area contributed by atoms with Gasteiger partial charge in [0.15, 0.2) is 0 Å². The smallest absolute Gasteiger partial charge is 0.255 e. The quantitative estimate of drug-likeness (QED) is 0.806. The second-order valence-electron chi connectivity index (χ2n) is 8.71. The van der Waals surface area contributed by atoms with E-state index in [1.807, 2.05) is 29.2 Å². The Labute approximate surface area is 183 Å². The third-order valence-electron chi connectivity index (χ3n) is 6.49. The number of amides is 2. The van der Waals surface area contributed by atoms with Crippen molar-refractivity contribution in [1.82, 2.24) is 10.2 Å². The summed E-state index contributed by atoms with van der Waals surface area (Å²) in [5, 5.41) is 2.96. The van der Waals surface area contributed by atoms with Gasteiger partial charge >= 0.3 is 0 Å². The van der Waals surface area contributed by atoms with Crippen molar-refractivity contribution in [3.05, 3.63) is 65.5 Å². The van der Waals surface area contributed by atoms with E-state index in [1.165, 1.54) is 12.1 Å². The third kappa shape index (κ3) is 4.89. The summed E-state index contributed by atoms with van der Waals surface area (Å²) in [4.78, 5) is 29.8.